The van der Waals surface area contributed by atoms with Gasteiger partial charge in [0, 0.05) is 43.5 Å². The molecule has 0 bridgehead atoms. The van der Waals surface area contributed by atoms with Crippen LogP contribution in [0.25, 0.3) is 5.57 Å². The molecule has 1 saturated heterocycles. The van der Waals surface area contributed by atoms with E-state index in [-0.39, 0.29) is 11.7 Å². The highest BCUT2D eigenvalue weighted by atomic mass is 16.6. The van der Waals surface area contributed by atoms with Gasteiger partial charge in [-0.05, 0) is 62.6 Å². The van der Waals surface area contributed by atoms with Crippen LogP contribution in [0.5, 0.6) is 5.95 Å². The fourth-order valence-corrected chi connectivity index (χ4v) is 3.91. The Kier molecular flexibility index (Phi) is 6.05. The van der Waals surface area contributed by atoms with Crippen molar-refractivity contribution in [1.82, 2.24) is 4.90 Å². The van der Waals surface area contributed by atoms with Crippen LogP contribution in [-0.4, -0.2) is 44.2 Å². The van der Waals surface area contributed by atoms with E-state index in [9.17, 15) is 4.79 Å². The molecule has 4 rings (SSSR count). The van der Waals surface area contributed by atoms with Crippen molar-refractivity contribution < 1.29 is 13.9 Å². The second kappa shape index (κ2) is 9.06. The SMILES string of the molecule is CN1CCN(c2ccc(NC(=O)Oc3ccc(C#N)o3)c(C3=CCCCC3)c2)CC1. The summed E-state index contributed by atoms with van der Waals surface area (Å²) in [6, 6.07) is 11.0. The average molecular weight is 406 g/mol. The van der Waals surface area contributed by atoms with Crippen LogP contribution in [0.4, 0.5) is 16.2 Å². The number of piperazine rings is 1. The molecule has 1 aromatic carbocycles. The van der Waals surface area contributed by atoms with Gasteiger partial charge < -0.3 is 19.0 Å². The summed E-state index contributed by atoms with van der Waals surface area (Å²) in [6.45, 7) is 4.06. The van der Waals surface area contributed by atoms with Crippen molar-refractivity contribution in [2.24, 2.45) is 0 Å². The number of anilines is 2. The third kappa shape index (κ3) is 4.66. The number of nitriles is 1. The maximum atomic E-state index is 12.4. The minimum absolute atomic E-state index is 0.00320. The summed E-state index contributed by atoms with van der Waals surface area (Å²) in [4.78, 5) is 17.1. The van der Waals surface area contributed by atoms with Crippen molar-refractivity contribution in [2.45, 2.75) is 25.7 Å². The van der Waals surface area contributed by atoms with Gasteiger partial charge in [0.25, 0.3) is 5.95 Å². The molecule has 30 heavy (non-hydrogen) atoms. The smallest absolute Gasteiger partial charge is 0.414 e. The lowest BCUT2D eigenvalue weighted by Gasteiger charge is -2.34. The Labute approximate surface area is 176 Å². The molecule has 1 aliphatic carbocycles. The summed E-state index contributed by atoms with van der Waals surface area (Å²) in [6.07, 6.45) is 6.04. The number of benzene rings is 1. The van der Waals surface area contributed by atoms with E-state index < -0.39 is 6.09 Å². The number of allylic oxidation sites excluding steroid dienone is 2. The van der Waals surface area contributed by atoms with Gasteiger partial charge in [-0.3, -0.25) is 5.32 Å². The molecule has 1 fully saturated rings. The Hall–Kier alpha value is -3.24. The standard InChI is InChI=1S/C23H26N4O3/c1-26-11-13-27(14-12-26)18-7-9-21(20(15-18)17-5-3-2-4-6-17)25-23(28)30-22-10-8-19(16-24)29-22/h5,7-10,15H,2-4,6,11-14H2,1H3,(H,25,28). The molecular weight excluding hydrogens is 380 g/mol. The van der Waals surface area contributed by atoms with E-state index in [1.54, 1.807) is 0 Å². The highest BCUT2D eigenvalue weighted by molar-refractivity contribution is 5.91. The zero-order chi connectivity index (χ0) is 20.9. The first-order chi connectivity index (χ1) is 14.6. The maximum Gasteiger partial charge on any atom is 0.419 e. The monoisotopic (exact) mass is 406 g/mol. The number of amides is 1. The number of nitrogens with zero attached hydrogens (tertiary/aromatic N) is 3. The predicted octanol–water partition coefficient (Wildman–Crippen LogP) is 4.47. The van der Waals surface area contributed by atoms with Gasteiger partial charge in [-0.25, -0.2) is 4.79 Å². The number of hydrogen-bond donors (Lipinski definition) is 1. The molecule has 2 heterocycles. The number of hydrogen-bond acceptors (Lipinski definition) is 6. The zero-order valence-electron chi connectivity index (χ0n) is 17.2. The van der Waals surface area contributed by atoms with E-state index >= 15 is 0 Å². The van der Waals surface area contributed by atoms with E-state index in [2.05, 4.69) is 40.4 Å². The number of rotatable bonds is 4. The van der Waals surface area contributed by atoms with Crippen molar-refractivity contribution >= 4 is 23.0 Å². The zero-order valence-corrected chi connectivity index (χ0v) is 17.2. The van der Waals surface area contributed by atoms with E-state index in [0.717, 1.165) is 56.7 Å². The molecule has 0 unspecified atom stereocenters. The van der Waals surface area contributed by atoms with Crippen molar-refractivity contribution in [2.75, 3.05) is 43.4 Å². The van der Waals surface area contributed by atoms with Crippen LogP contribution in [-0.2, 0) is 0 Å². The third-order valence-corrected chi connectivity index (χ3v) is 5.63. The number of carbonyl (C=O) groups excluding carboxylic acids is 1. The Morgan fingerprint density at radius 1 is 1.17 bits per heavy atom. The molecule has 1 amide bonds. The minimum atomic E-state index is -0.640. The fraction of sp³-hybridized carbons (Fsp3) is 0.391. The van der Waals surface area contributed by atoms with Crippen LogP contribution in [0.2, 0.25) is 0 Å². The molecule has 156 valence electrons. The van der Waals surface area contributed by atoms with Gasteiger partial charge >= 0.3 is 6.09 Å². The van der Waals surface area contributed by atoms with Gasteiger partial charge in [0.15, 0.2) is 0 Å². The van der Waals surface area contributed by atoms with E-state index in [4.69, 9.17) is 14.4 Å². The van der Waals surface area contributed by atoms with Crippen LogP contribution in [0.15, 0.2) is 40.8 Å². The number of furan rings is 1. The number of nitrogens with one attached hydrogen (secondary N) is 1. The van der Waals surface area contributed by atoms with Crippen molar-refractivity contribution in [3.8, 4) is 12.0 Å². The first-order valence-electron chi connectivity index (χ1n) is 10.4. The Morgan fingerprint density at radius 2 is 2.00 bits per heavy atom. The first-order valence-corrected chi connectivity index (χ1v) is 10.4. The van der Waals surface area contributed by atoms with Crippen molar-refractivity contribution in [3.05, 3.63) is 47.7 Å². The maximum absolute atomic E-state index is 12.4. The van der Waals surface area contributed by atoms with Gasteiger partial charge in [-0.15, -0.1) is 0 Å². The molecule has 2 aromatic rings. The molecular formula is C23H26N4O3. The molecule has 0 spiro atoms. The van der Waals surface area contributed by atoms with E-state index in [0.29, 0.717) is 0 Å². The van der Waals surface area contributed by atoms with E-state index in [1.165, 1.54) is 29.8 Å². The van der Waals surface area contributed by atoms with Crippen LogP contribution < -0.4 is 15.0 Å². The minimum Gasteiger partial charge on any atom is -0.414 e. The highest BCUT2D eigenvalue weighted by Gasteiger charge is 2.19. The Morgan fingerprint density at radius 3 is 2.70 bits per heavy atom. The topological polar surface area (TPSA) is 81.7 Å². The first kappa shape index (κ1) is 20.0. The van der Waals surface area contributed by atoms with E-state index in [1.807, 2.05) is 12.1 Å². The molecule has 0 saturated carbocycles. The third-order valence-electron chi connectivity index (χ3n) is 5.63. The lowest BCUT2D eigenvalue weighted by molar-refractivity contribution is 0.202. The Balaban J connectivity index is 1.55. The lowest BCUT2D eigenvalue weighted by atomic mass is 9.92. The van der Waals surface area contributed by atoms with Crippen molar-refractivity contribution in [1.29, 1.82) is 5.26 Å². The molecule has 1 N–H and O–H groups in total. The van der Waals surface area contributed by atoms with Crippen LogP contribution >= 0.6 is 0 Å². The molecule has 7 heteroatoms. The van der Waals surface area contributed by atoms with Gasteiger partial charge in [0.05, 0.1) is 5.69 Å². The molecule has 1 aromatic heterocycles. The quantitative estimate of drug-likeness (QED) is 0.807. The van der Waals surface area contributed by atoms with Gasteiger partial charge in [-0.1, -0.05) is 6.08 Å². The van der Waals surface area contributed by atoms with Crippen LogP contribution in [0.1, 0.15) is 37.0 Å². The number of carbonyl (C=O) groups is 1. The van der Waals surface area contributed by atoms with Gasteiger partial charge in [-0.2, -0.15) is 5.26 Å². The molecule has 0 radical (unpaired) electrons. The predicted molar refractivity (Wildman–Crippen MR) is 116 cm³/mol. The summed E-state index contributed by atoms with van der Waals surface area (Å²) in [5.74, 6) is 0.0962. The summed E-state index contributed by atoms with van der Waals surface area (Å²) >= 11 is 0. The lowest BCUT2D eigenvalue weighted by Crippen LogP contribution is -2.44. The molecule has 7 nitrogen and oxygen atoms in total. The summed E-state index contributed by atoms with van der Waals surface area (Å²) in [5, 5.41) is 11.7. The molecule has 1 aliphatic heterocycles. The number of likely N-dealkylation sites (N-methyl/N-ethyl adjacent to an activating group) is 1. The summed E-state index contributed by atoms with van der Waals surface area (Å²) in [7, 11) is 2.15. The molecule has 2 aliphatic rings. The van der Waals surface area contributed by atoms with Crippen molar-refractivity contribution in [3.63, 3.8) is 0 Å². The average Bonchev–Trinajstić information content (AvgIpc) is 3.22. The van der Waals surface area contributed by atoms with Crippen LogP contribution in [0.3, 0.4) is 0 Å². The second-order valence-corrected chi connectivity index (χ2v) is 7.74. The van der Waals surface area contributed by atoms with Crippen LogP contribution in [0, 0.1) is 11.3 Å². The Bertz CT molecular complexity index is 981. The largest absolute Gasteiger partial charge is 0.419 e. The molecule has 0 atom stereocenters. The number of ether oxygens (including phenoxy) is 1. The summed E-state index contributed by atoms with van der Waals surface area (Å²) < 4.78 is 10.3. The second-order valence-electron chi connectivity index (χ2n) is 7.74. The fourth-order valence-electron chi connectivity index (χ4n) is 3.91. The highest BCUT2D eigenvalue weighted by Crippen LogP contribution is 2.35. The normalized spacial score (nSPS) is 17.2. The summed E-state index contributed by atoms with van der Waals surface area (Å²) in [5.41, 5.74) is 4.20. The van der Waals surface area contributed by atoms with Gasteiger partial charge in [0.1, 0.15) is 6.07 Å². The van der Waals surface area contributed by atoms with Gasteiger partial charge in [0.2, 0.25) is 5.76 Å².